The molecule has 0 bridgehead atoms. The van der Waals surface area contributed by atoms with Crippen molar-refractivity contribution in [3.05, 3.63) is 83.2 Å². The molecule has 0 fully saturated rings. The largest absolute Gasteiger partial charge is 0.260 e. The van der Waals surface area contributed by atoms with Gasteiger partial charge in [-0.25, -0.2) is 0 Å². The van der Waals surface area contributed by atoms with Crippen LogP contribution in [0.25, 0.3) is 33.3 Å². The molecule has 0 radical (unpaired) electrons. The third kappa shape index (κ3) is 3.00. The maximum absolute atomic E-state index is 4.80. The van der Waals surface area contributed by atoms with Crippen LogP contribution in [-0.2, 0) is 18.9 Å². The molecule has 156 valence electrons. The van der Waals surface area contributed by atoms with E-state index in [9.17, 15) is 0 Å². The summed E-state index contributed by atoms with van der Waals surface area (Å²) in [5.74, 6) is 0.650. The Kier molecular flexibility index (Phi) is 4.51. The van der Waals surface area contributed by atoms with E-state index in [-0.39, 0.29) is 5.41 Å². The van der Waals surface area contributed by atoms with Crippen molar-refractivity contribution in [3.63, 3.8) is 0 Å². The van der Waals surface area contributed by atoms with Crippen molar-refractivity contribution in [1.29, 1.82) is 0 Å². The Morgan fingerprint density at radius 2 is 1.74 bits per heavy atom. The summed E-state index contributed by atoms with van der Waals surface area (Å²) >= 11 is 0. The molecular formula is C29H31N2+. The van der Waals surface area contributed by atoms with Gasteiger partial charge in [0.15, 0.2) is 0 Å². The summed E-state index contributed by atoms with van der Waals surface area (Å²) in [5, 5.41) is 1.29. The number of aryl methyl sites for hydroxylation is 2. The van der Waals surface area contributed by atoms with Gasteiger partial charge in [0.1, 0.15) is 7.05 Å². The fourth-order valence-corrected chi connectivity index (χ4v) is 5.43. The standard InChI is InChI=1S/C29H31N2/c1-18(2)16-20-10-11-21-12-14-24(31(6)25(21)17-20)26-19(3)9-13-22-23-8-7-15-30-28(23)29(4,5)27(22)26/h7-15,17-18H,16H2,1-6H3/q+1. The number of rotatable bonds is 3. The molecule has 2 aromatic carbocycles. The summed E-state index contributed by atoms with van der Waals surface area (Å²) in [6.45, 7) is 11.4. The second-order valence-corrected chi connectivity index (χ2v) is 9.97. The Balaban J connectivity index is 1.78. The summed E-state index contributed by atoms with van der Waals surface area (Å²) in [7, 11) is 2.21. The van der Waals surface area contributed by atoms with Crippen molar-refractivity contribution in [3.8, 4) is 22.4 Å². The Bertz CT molecular complexity index is 1330. The summed E-state index contributed by atoms with van der Waals surface area (Å²) in [6, 6.07) is 20.3. The Morgan fingerprint density at radius 1 is 0.968 bits per heavy atom. The maximum atomic E-state index is 4.80. The summed E-state index contributed by atoms with van der Waals surface area (Å²) < 4.78 is 2.38. The van der Waals surface area contributed by atoms with Gasteiger partial charge in [0.05, 0.1) is 11.3 Å². The normalized spacial score (nSPS) is 14.2. The van der Waals surface area contributed by atoms with Gasteiger partial charge in [0.25, 0.3) is 0 Å². The maximum Gasteiger partial charge on any atom is 0.213 e. The molecular weight excluding hydrogens is 376 g/mol. The highest BCUT2D eigenvalue weighted by atomic mass is 14.9. The number of hydrogen-bond acceptors (Lipinski definition) is 1. The van der Waals surface area contributed by atoms with E-state index in [1.165, 1.54) is 55.7 Å². The van der Waals surface area contributed by atoms with E-state index in [0.29, 0.717) is 5.92 Å². The number of pyridine rings is 2. The molecule has 1 aliphatic rings. The number of benzene rings is 2. The fourth-order valence-electron chi connectivity index (χ4n) is 5.43. The van der Waals surface area contributed by atoms with E-state index >= 15 is 0 Å². The second kappa shape index (κ2) is 7.02. The van der Waals surface area contributed by atoms with Crippen LogP contribution in [0.1, 0.15) is 50.1 Å². The average Bonchev–Trinajstić information content (AvgIpc) is 2.96. The number of hydrogen-bond donors (Lipinski definition) is 0. The molecule has 2 nitrogen and oxygen atoms in total. The van der Waals surface area contributed by atoms with Crippen LogP contribution in [0.5, 0.6) is 0 Å². The molecule has 1 aliphatic carbocycles. The van der Waals surface area contributed by atoms with Crippen LogP contribution >= 0.6 is 0 Å². The van der Waals surface area contributed by atoms with Crippen molar-refractivity contribution >= 4 is 10.9 Å². The van der Waals surface area contributed by atoms with E-state index < -0.39 is 0 Å². The zero-order chi connectivity index (χ0) is 21.9. The highest BCUT2D eigenvalue weighted by Crippen LogP contribution is 2.51. The van der Waals surface area contributed by atoms with Gasteiger partial charge in [-0.15, -0.1) is 0 Å². The van der Waals surface area contributed by atoms with Gasteiger partial charge in [0.2, 0.25) is 11.2 Å². The van der Waals surface area contributed by atoms with Crippen LogP contribution in [0.2, 0.25) is 0 Å². The third-order valence-corrected chi connectivity index (χ3v) is 6.87. The summed E-state index contributed by atoms with van der Waals surface area (Å²) in [4.78, 5) is 4.80. The number of fused-ring (bicyclic) bond motifs is 4. The quantitative estimate of drug-likeness (QED) is 0.352. The molecule has 4 aromatic rings. The van der Waals surface area contributed by atoms with Gasteiger partial charge in [0, 0.05) is 34.7 Å². The lowest BCUT2D eigenvalue weighted by atomic mass is 9.80. The van der Waals surface area contributed by atoms with Crippen LogP contribution in [0.3, 0.4) is 0 Å². The lowest BCUT2D eigenvalue weighted by Gasteiger charge is -2.23. The Morgan fingerprint density at radius 3 is 2.52 bits per heavy atom. The molecule has 0 amide bonds. The first kappa shape index (κ1) is 19.9. The molecule has 2 aromatic heterocycles. The zero-order valence-electron chi connectivity index (χ0n) is 19.5. The predicted molar refractivity (Wildman–Crippen MR) is 129 cm³/mol. The average molecular weight is 408 g/mol. The lowest BCUT2D eigenvalue weighted by molar-refractivity contribution is -0.633. The first-order chi connectivity index (χ1) is 14.8. The predicted octanol–water partition coefficient (Wildman–Crippen LogP) is 6.54. The molecule has 31 heavy (non-hydrogen) atoms. The second-order valence-electron chi connectivity index (χ2n) is 9.97. The van der Waals surface area contributed by atoms with E-state index in [1.807, 2.05) is 6.20 Å². The monoisotopic (exact) mass is 407 g/mol. The highest BCUT2D eigenvalue weighted by molar-refractivity contribution is 5.88. The van der Waals surface area contributed by atoms with Crippen LogP contribution in [0.15, 0.2) is 60.8 Å². The van der Waals surface area contributed by atoms with E-state index in [4.69, 9.17) is 4.98 Å². The molecule has 2 heteroatoms. The van der Waals surface area contributed by atoms with Gasteiger partial charge in [-0.05, 0) is 59.7 Å². The van der Waals surface area contributed by atoms with Crippen molar-refractivity contribution in [2.45, 2.75) is 46.5 Å². The van der Waals surface area contributed by atoms with Crippen LogP contribution in [0, 0.1) is 12.8 Å². The lowest BCUT2D eigenvalue weighted by Crippen LogP contribution is -2.33. The van der Waals surface area contributed by atoms with Crippen molar-refractivity contribution in [2.24, 2.45) is 13.0 Å². The molecule has 0 saturated carbocycles. The minimum absolute atomic E-state index is 0.130. The minimum atomic E-state index is -0.130. The van der Waals surface area contributed by atoms with Crippen molar-refractivity contribution in [1.82, 2.24) is 4.98 Å². The minimum Gasteiger partial charge on any atom is -0.260 e. The van der Waals surface area contributed by atoms with Crippen molar-refractivity contribution < 1.29 is 4.57 Å². The number of nitrogens with zero attached hydrogens (tertiary/aromatic N) is 2. The zero-order valence-corrected chi connectivity index (χ0v) is 19.5. The van der Waals surface area contributed by atoms with E-state index in [1.54, 1.807) is 0 Å². The molecule has 5 rings (SSSR count). The van der Waals surface area contributed by atoms with E-state index in [2.05, 4.69) is 101 Å². The summed E-state index contributed by atoms with van der Waals surface area (Å²) in [6.07, 6.45) is 3.03. The van der Waals surface area contributed by atoms with Gasteiger partial charge in [-0.3, -0.25) is 4.98 Å². The third-order valence-electron chi connectivity index (χ3n) is 6.87. The van der Waals surface area contributed by atoms with Gasteiger partial charge >= 0.3 is 0 Å². The molecule has 0 saturated heterocycles. The highest BCUT2D eigenvalue weighted by Gasteiger charge is 2.40. The molecule has 0 unspecified atom stereocenters. The smallest absolute Gasteiger partial charge is 0.213 e. The molecule has 0 atom stereocenters. The van der Waals surface area contributed by atoms with Gasteiger partial charge in [-0.1, -0.05) is 52.0 Å². The fraction of sp³-hybridized carbons (Fsp3) is 0.310. The van der Waals surface area contributed by atoms with E-state index in [0.717, 1.165) is 6.42 Å². The Hall–Kier alpha value is -3.00. The first-order valence-electron chi connectivity index (χ1n) is 11.3. The molecule has 0 N–H and O–H groups in total. The van der Waals surface area contributed by atoms with Gasteiger partial charge in [-0.2, -0.15) is 4.57 Å². The van der Waals surface area contributed by atoms with Crippen LogP contribution in [0.4, 0.5) is 0 Å². The van der Waals surface area contributed by atoms with Crippen LogP contribution < -0.4 is 4.57 Å². The topological polar surface area (TPSA) is 16.8 Å². The first-order valence-corrected chi connectivity index (χ1v) is 11.3. The molecule has 0 spiro atoms. The van der Waals surface area contributed by atoms with Crippen LogP contribution in [-0.4, -0.2) is 4.98 Å². The number of aromatic nitrogens is 2. The molecule has 2 heterocycles. The van der Waals surface area contributed by atoms with Gasteiger partial charge < -0.3 is 0 Å². The Labute approximate surface area is 185 Å². The van der Waals surface area contributed by atoms with Crippen molar-refractivity contribution in [2.75, 3.05) is 0 Å². The SMILES string of the molecule is Cc1ccc2c(c1-c1ccc3ccc(CC(C)C)cc3[n+]1C)C(C)(C)c1ncccc1-2. The summed E-state index contributed by atoms with van der Waals surface area (Å²) in [5.41, 5.74) is 11.7. The molecule has 0 aliphatic heterocycles.